The lowest BCUT2D eigenvalue weighted by atomic mass is 10.1. The smallest absolute Gasteiger partial charge is 0.349 e. The van der Waals surface area contributed by atoms with Gasteiger partial charge in [-0.3, -0.25) is 9.78 Å². The summed E-state index contributed by atoms with van der Waals surface area (Å²) in [5, 5.41) is 3.32. The van der Waals surface area contributed by atoms with Crippen molar-refractivity contribution in [3.8, 4) is 17.1 Å². The number of carbonyl (C=O) groups excluding carboxylic acids is 1. The van der Waals surface area contributed by atoms with Gasteiger partial charge in [0.05, 0.1) is 13.4 Å². The highest BCUT2D eigenvalue weighted by Crippen LogP contribution is 2.24. The van der Waals surface area contributed by atoms with E-state index in [0.29, 0.717) is 22.5 Å². The fourth-order valence-electron chi connectivity index (χ4n) is 2.88. The molecule has 0 saturated carbocycles. The maximum absolute atomic E-state index is 12.5. The lowest BCUT2D eigenvalue weighted by molar-refractivity contribution is 0.0947. The highest BCUT2D eigenvalue weighted by Gasteiger charge is 2.15. The van der Waals surface area contributed by atoms with Gasteiger partial charge >= 0.3 is 5.63 Å². The summed E-state index contributed by atoms with van der Waals surface area (Å²) in [5.41, 5.74) is 1.08. The van der Waals surface area contributed by atoms with Crippen LogP contribution in [0.2, 0.25) is 0 Å². The quantitative estimate of drug-likeness (QED) is 0.537. The number of fused-ring (bicyclic) bond motifs is 1. The van der Waals surface area contributed by atoms with Gasteiger partial charge in [0.25, 0.3) is 5.91 Å². The molecule has 0 atom stereocenters. The van der Waals surface area contributed by atoms with Crippen molar-refractivity contribution in [3.63, 3.8) is 0 Å². The molecule has 0 fully saturated rings. The molecule has 0 aliphatic carbocycles. The predicted molar refractivity (Wildman–Crippen MR) is 102 cm³/mol. The van der Waals surface area contributed by atoms with Gasteiger partial charge in [0.2, 0.25) is 0 Å². The first-order chi connectivity index (χ1) is 13.7. The molecule has 7 nitrogen and oxygen atoms in total. The minimum atomic E-state index is -0.725. The Morgan fingerprint density at radius 2 is 2.07 bits per heavy atom. The van der Waals surface area contributed by atoms with E-state index >= 15 is 0 Å². The summed E-state index contributed by atoms with van der Waals surface area (Å²) in [6.07, 6.45) is 4.90. The number of carbonyl (C=O) groups is 1. The first kappa shape index (κ1) is 17.5. The van der Waals surface area contributed by atoms with Crippen LogP contribution in [-0.4, -0.2) is 18.0 Å². The van der Waals surface area contributed by atoms with Crippen LogP contribution in [0.15, 0.2) is 74.8 Å². The Morgan fingerprint density at radius 3 is 2.86 bits per heavy atom. The molecule has 140 valence electrons. The van der Waals surface area contributed by atoms with Crippen molar-refractivity contribution in [2.24, 2.45) is 0 Å². The van der Waals surface area contributed by atoms with Crippen molar-refractivity contribution in [1.29, 1.82) is 0 Å². The van der Waals surface area contributed by atoms with Crippen LogP contribution in [0.5, 0.6) is 5.75 Å². The Morgan fingerprint density at radius 1 is 1.18 bits per heavy atom. The van der Waals surface area contributed by atoms with Crippen LogP contribution in [0.1, 0.15) is 15.9 Å². The molecule has 0 aliphatic rings. The van der Waals surface area contributed by atoms with Crippen LogP contribution in [0, 0.1) is 0 Å². The summed E-state index contributed by atoms with van der Waals surface area (Å²) >= 11 is 0. The summed E-state index contributed by atoms with van der Waals surface area (Å²) < 4.78 is 15.8. The average molecular weight is 376 g/mol. The largest absolute Gasteiger partial charge is 0.493 e. The van der Waals surface area contributed by atoms with Gasteiger partial charge in [-0.2, -0.15) is 0 Å². The molecule has 4 rings (SSSR count). The van der Waals surface area contributed by atoms with Crippen LogP contribution in [0.25, 0.3) is 22.3 Å². The van der Waals surface area contributed by atoms with Crippen molar-refractivity contribution in [1.82, 2.24) is 10.3 Å². The highest BCUT2D eigenvalue weighted by atomic mass is 16.5. The highest BCUT2D eigenvalue weighted by molar-refractivity contribution is 5.97. The van der Waals surface area contributed by atoms with Gasteiger partial charge < -0.3 is 18.9 Å². The standard InChI is InChI=1S/C21H16N2O5/c1-26-18-5-2-4-14-9-16(21(25)28-19(14)18)20(24)23-11-13-8-15(12-22-10-13)17-6-3-7-27-17/h2-10,12H,11H2,1H3,(H,23,24). The van der Waals surface area contributed by atoms with E-state index in [1.807, 2.05) is 12.1 Å². The normalized spacial score (nSPS) is 10.8. The van der Waals surface area contributed by atoms with Crippen molar-refractivity contribution < 1.29 is 18.4 Å². The van der Waals surface area contributed by atoms with Gasteiger partial charge in [0.1, 0.15) is 11.3 Å². The monoisotopic (exact) mass is 376 g/mol. The van der Waals surface area contributed by atoms with Crippen LogP contribution < -0.4 is 15.7 Å². The maximum Gasteiger partial charge on any atom is 0.349 e. The van der Waals surface area contributed by atoms with E-state index in [4.69, 9.17) is 13.6 Å². The van der Waals surface area contributed by atoms with Crippen molar-refractivity contribution in [3.05, 3.63) is 82.7 Å². The Balaban J connectivity index is 1.55. The molecular weight excluding hydrogens is 360 g/mol. The molecule has 0 spiro atoms. The molecule has 0 aliphatic heterocycles. The van der Waals surface area contributed by atoms with Crippen molar-refractivity contribution in [2.75, 3.05) is 7.11 Å². The predicted octanol–water partition coefficient (Wildman–Crippen LogP) is 3.39. The van der Waals surface area contributed by atoms with Gasteiger partial charge in [-0.1, -0.05) is 12.1 Å². The lowest BCUT2D eigenvalue weighted by Gasteiger charge is -2.07. The van der Waals surface area contributed by atoms with E-state index in [9.17, 15) is 9.59 Å². The third-order valence-electron chi connectivity index (χ3n) is 4.24. The number of methoxy groups -OCH3 is 1. The zero-order valence-corrected chi connectivity index (χ0v) is 15.0. The van der Waals surface area contributed by atoms with Gasteiger partial charge in [0.15, 0.2) is 11.3 Å². The molecule has 4 aromatic rings. The number of para-hydroxylation sites is 1. The summed E-state index contributed by atoms with van der Waals surface area (Å²) in [5.74, 6) is 0.592. The molecule has 0 radical (unpaired) electrons. The second-order valence-electron chi connectivity index (χ2n) is 6.07. The van der Waals surface area contributed by atoms with E-state index in [1.165, 1.54) is 13.2 Å². The van der Waals surface area contributed by atoms with E-state index < -0.39 is 11.5 Å². The number of nitrogens with one attached hydrogen (secondary N) is 1. The molecule has 1 amide bonds. The van der Waals surface area contributed by atoms with Gasteiger partial charge in [0, 0.05) is 29.9 Å². The number of ether oxygens (including phenoxy) is 1. The summed E-state index contributed by atoms with van der Waals surface area (Å²) in [6, 6.07) is 12.2. The SMILES string of the molecule is COc1cccc2cc(C(=O)NCc3cncc(-c4ccco4)c3)c(=O)oc12. The minimum absolute atomic E-state index is 0.0732. The van der Waals surface area contributed by atoms with Gasteiger partial charge in [-0.25, -0.2) is 4.79 Å². The molecule has 0 saturated heterocycles. The number of rotatable bonds is 5. The number of pyridine rings is 1. The average Bonchev–Trinajstić information content (AvgIpc) is 3.26. The summed E-state index contributed by atoms with van der Waals surface area (Å²) in [4.78, 5) is 28.9. The third-order valence-corrected chi connectivity index (χ3v) is 4.24. The summed E-state index contributed by atoms with van der Waals surface area (Å²) in [7, 11) is 1.49. The molecule has 28 heavy (non-hydrogen) atoms. The van der Waals surface area contributed by atoms with Crippen molar-refractivity contribution >= 4 is 16.9 Å². The van der Waals surface area contributed by atoms with E-state index in [2.05, 4.69) is 10.3 Å². The molecule has 3 heterocycles. The molecule has 1 N–H and O–H groups in total. The fraction of sp³-hybridized carbons (Fsp3) is 0.0952. The number of hydrogen-bond donors (Lipinski definition) is 1. The molecule has 0 bridgehead atoms. The first-order valence-corrected chi connectivity index (χ1v) is 8.52. The Kier molecular flexibility index (Phi) is 4.63. The molecule has 1 aromatic carbocycles. The summed E-state index contributed by atoms with van der Waals surface area (Å²) in [6.45, 7) is 0.204. The number of hydrogen-bond acceptors (Lipinski definition) is 6. The van der Waals surface area contributed by atoms with Crippen LogP contribution in [-0.2, 0) is 6.54 Å². The molecule has 7 heteroatoms. The second-order valence-corrected chi connectivity index (χ2v) is 6.07. The number of benzene rings is 1. The zero-order valence-electron chi connectivity index (χ0n) is 15.0. The molecular formula is C21H16N2O5. The van der Waals surface area contributed by atoms with Crippen LogP contribution in [0.4, 0.5) is 0 Å². The topological polar surface area (TPSA) is 94.6 Å². The zero-order chi connectivity index (χ0) is 19.5. The second kappa shape index (κ2) is 7.40. The number of furan rings is 1. The van der Waals surface area contributed by atoms with E-state index in [-0.39, 0.29) is 12.1 Å². The number of nitrogens with zero attached hydrogens (tertiary/aromatic N) is 1. The number of aromatic nitrogens is 1. The Bertz CT molecular complexity index is 1200. The van der Waals surface area contributed by atoms with Crippen molar-refractivity contribution in [2.45, 2.75) is 6.54 Å². The number of amides is 1. The lowest BCUT2D eigenvalue weighted by Crippen LogP contribution is -2.27. The minimum Gasteiger partial charge on any atom is -0.493 e. The van der Waals surface area contributed by atoms with E-state index in [0.717, 1.165) is 11.1 Å². The van der Waals surface area contributed by atoms with Gasteiger partial charge in [-0.15, -0.1) is 0 Å². The van der Waals surface area contributed by atoms with Crippen LogP contribution >= 0.6 is 0 Å². The van der Waals surface area contributed by atoms with E-state index in [1.54, 1.807) is 42.9 Å². The third kappa shape index (κ3) is 3.37. The Hall–Kier alpha value is -3.87. The molecule has 3 aromatic heterocycles. The molecule has 0 unspecified atom stereocenters. The van der Waals surface area contributed by atoms with Crippen LogP contribution in [0.3, 0.4) is 0 Å². The Labute approximate surface area is 159 Å². The fourth-order valence-corrected chi connectivity index (χ4v) is 2.88. The van der Waals surface area contributed by atoms with Gasteiger partial charge in [-0.05, 0) is 35.9 Å². The maximum atomic E-state index is 12.5. The first-order valence-electron chi connectivity index (χ1n) is 8.52.